The number of hydrogen-bond acceptors (Lipinski definition) is 5. The smallest absolute Gasteiger partial charge is 0.227 e. The van der Waals surface area contributed by atoms with E-state index in [2.05, 4.69) is 10.3 Å². The Kier molecular flexibility index (Phi) is 4.92. The van der Waals surface area contributed by atoms with Gasteiger partial charge in [-0.25, -0.2) is 4.98 Å². The van der Waals surface area contributed by atoms with E-state index in [-0.39, 0.29) is 5.88 Å². The highest BCUT2D eigenvalue weighted by Crippen LogP contribution is 2.31. The zero-order chi connectivity index (χ0) is 17.1. The molecule has 0 fully saturated rings. The van der Waals surface area contributed by atoms with Gasteiger partial charge in [0, 0.05) is 23.9 Å². The molecule has 0 saturated heterocycles. The lowest BCUT2D eigenvalue weighted by atomic mass is 10.1. The zero-order valence-corrected chi connectivity index (χ0v) is 14.3. The fraction of sp³-hybridized carbons (Fsp3) is 0.278. The van der Waals surface area contributed by atoms with E-state index >= 15 is 0 Å². The number of nitrogens with zero attached hydrogens (tertiary/aromatic N) is 1. The van der Waals surface area contributed by atoms with Crippen molar-refractivity contribution < 1.29 is 14.3 Å². The van der Waals surface area contributed by atoms with Gasteiger partial charge in [-0.05, 0) is 36.8 Å². The summed E-state index contributed by atoms with van der Waals surface area (Å²) in [5.74, 6) is 1.49. The van der Waals surface area contributed by atoms with E-state index in [9.17, 15) is 5.11 Å². The summed E-state index contributed by atoms with van der Waals surface area (Å²) in [6.07, 6.45) is -0.591. The number of oxazole rings is 1. The van der Waals surface area contributed by atoms with Crippen LogP contribution in [-0.2, 0) is 0 Å². The lowest BCUT2D eigenvalue weighted by Crippen LogP contribution is -2.21. The fourth-order valence-corrected chi connectivity index (χ4v) is 2.60. The molecule has 2 N–H and O–H groups in total. The Morgan fingerprint density at radius 3 is 2.92 bits per heavy atom. The van der Waals surface area contributed by atoms with Crippen LogP contribution in [0.25, 0.3) is 22.6 Å². The summed E-state index contributed by atoms with van der Waals surface area (Å²) in [6.45, 7) is 2.37. The maximum atomic E-state index is 9.60. The van der Waals surface area contributed by atoms with E-state index in [1.54, 1.807) is 7.11 Å². The van der Waals surface area contributed by atoms with Gasteiger partial charge in [0.15, 0.2) is 5.58 Å². The standard InChI is InChI=1S/C18H19ClN2O3/c1-11-14(4-3-5-15(11)20-10-12(22)9-19)18-21-16-8-13(23-2)6-7-17(16)24-18/h3-8,12,20,22H,9-10H2,1-2H3. The zero-order valence-electron chi connectivity index (χ0n) is 13.5. The van der Waals surface area contributed by atoms with Crippen LogP contribution in [0, 0.1) is 6.92 Å². The summed E-state index contributed by atoms with van der Waals surface area (Å²) in [4.78, 5) is 4.56. The van der Waals surface area contributed by atoms with Gasteiger partial charge < -0.3 is 19.6 Å². The van der Waals surface area contributed by atoms with Crippen molar-refractivity contribution >= 4 is 28.4 Å². The van der Waals surface area contributed by atoms with Crippen molar-refractivity contribution in [3.05, 3.63) is 42.0 Å². The van der Waals surface area contributed by atoms with Crippen LogP contribution < -0.4 is 10.1 Å². The molecule has 3 aromatic rings. The average Bonchev–Trinajstić information content (AvgIpc) is 3.03. The number of aliphatic hydroxyl groups is 1. The molecule has 3 rings (SSSR count). The number of rotatable bonds is 6. The van der Waals surface area contributed by atoms with Crippen LogP contribution in [0.4, 0.5) is 5.69 Å². The van der Waals surface area contributed by atoms with E-state index in [0.29, 0.717) is 18.0 Å². The summed E-state index contributed by atoms with van der Waals surface area (Å²) in [5.41, 5.74) is 4.27. The van der Waals surface area contributed by atoms with Crippen LogP contribution in [0.3, 0.4) is 0 Å². The van der Waals surface area contributed by atoms with Crippen LogP contribution >= 0.6 is 11.6 Å². The third-order valence-electron chi connectivity index (χ3n) is 3.87. The Bertz CT molecular complexity index is 847. The van der Waals surface area contributed by atoms with E-state index in [1.807, 2.05) is 43.3 Å². The number of hydrogen-bond donors (Lipinski definition) is 2. The van der Waals surface area contributed by atoms with E-state index in [4.69, 9.17) is 20.8 Å². The van der Waals surface area contributed by atoms with Gasteiger partial charge in [-0.2, -0.15) is 0 Å². The molecule has 1 atom stereocenters. The third-order valence-corrected chi connectivity index (χ3v) is 4.22. The Morgan fingerprint density at radius 2 is 2.17 bits per heavy atom. The molecule has 0 amide bonds. The normalized spacial score (nSPS) is 12.3. The van der Waals surface area contributed by atoms with Gasteiger partial charge in [0.1, 0.15) is 11.3 Å². The number of aromatic nitrogens is 1. The molecule has 2 aromatic carbocycles. The van der Waals surface area contributed by atoms with Crippen LogP contribution in [0.15, 0.2) is 40.8 Å². The number of halogens is 1. The van der Waals surface area contributed by atoms with Crippen molar-refractivity contribution in [2.75, 3.05) is 24.9 Å². The predicted octanol–water partition coefficient (Wildman–Crippen LogP) is 3.82. The van der Waals surface area contributed by atoms with Gasteiger partial charge in [0.05, 0.1) is 19.1 Å². The van der Waals surface area contributed by atoms with Crippen LogP contribution in [-0.4, -0.2) is 35.7 Å². The summed E-state index contributed by atoms with van der Waals surface area (Å²) < 4.78 is 11.1. The topological polar surface area (TPSA) is 67.5 Å². The first-order valence-corrected chi connectivity index (χ1v) is 8.18. The van der Waals surface area contributed by atoms with Crippen LogP contribution in [0.2, 0.25) is 0 Å². The number of anilines is 1. The number of alkyl halides is 1. The summed E-state index contributed by atoms with van der Waals surface area (Å²) in [7, 11) is 1.62. The maximum Gasteiger partial charge on any atom is 0.227 e. The van der Waals surface area contributed by atoms with Gasteiger partial charge in [-0.15, -0.1) is 11.6 Å². The first-order valence-electron chi connectivity index (χ1n) is 7.65. The Morgan fingerprint density at radius 1 is 1.33 bits per heavy atom. The summed E-state index contributed by atoms with van der Waals surface area (Å²) in [6, 6.07) is 11.4. The molecule has 6 heteroatoms. The minimum atomic E-state index is -0.591. The summed E-state index contributed by atoms with van der Waals surface area (Å²) in [5, 5.41) is 12.8. The van der Waals surface area contributed by atoms with Crippen LogP contribution in [0.1, 0.15) is 5.56 Å². The monoisotopic (exact) mass is 346 g/mol. The highest BCUT2D eigenvalue weighted by atomic mass is 35.5. The molecule has 126 valence electrons. The molecule has 0 aliphatic carbocycles. The quantitative estimate of drug-likeness (QED) is 0.664. The molecule has 5 nitrogen and oxygen atoms in total. The van der Waals surface area contributed by atoms with Crippen molar-refractivity contribution in [2.24, 2.45) is 0 Å². The number of methoxy groups -OCH3 is 1. The SMILES string of the molecule is COc1ccc2oc(-c3cccc(NCC(O)CCl)c3C)nc2c1. The molecule has 0 aliphatic heterocycles. The first-order chi connectivity index (χ1) is 11.6. The molecule has 0 aliphatic rings. The molecule has 0 radical (unpaired) electrons. The number of nitrogens with one attached hydrogen (secondary N) is 1. The van der Waals surface area contributed by atoms with E-state index in [1.165, 1.54) is 0 Å². The molecule has 1 heterocycles. The molecule has 1 aromatic heterocycles. The predicted molar refractivity (Wildman–Crippen MR) is 96.0 cm³/mol. The molecule has 1 unspecified atom stereocenters. The average molecular weight is 347 g/mol. The van der Waals surface area contributed by atoms with Crippen molar-refractivity contribution in [1.29, 1.82) is 0 Å². The lowest BCUT2D eigenvalue weighted by Gasteiger charge is -2.13. The second kappa shape index (κ2) is 7.11. The number of fused-ring (bicyclic) bond motifs is 1. The Balaban J connectivity index is 1.94. The number of aliphatic hydroxyl groups excluding tert-OH is 1. The minimum absolute atomic E-state index is 0.193. The van der Waals surface area contributed by atoms with Gasteiger partial charge in [0.25, 0.3) is 0 Å². The van der Waals surface area contributed by atoms with Crippen LogP contribution in [0.5, 0.6) is 5.75 Å². The van der Waals surface area contributed by atoms with Gasteiger partial charge in [-0.3, -0.25) is 0 Å². The second-order valence-corrected chi connectivity index (χ2v) is 5.83. The van der Waals surface area contributed by atoms with Crippen molar-refractivity contribution in [1.82, 2.24) is 4.98 Å². The molecule has 0 bridgehead atoms. The first kappa shape index (κ1) is 16.6. The second-order valence-electron chi connectivity index (χ2n) is 5.52. The molecule has 24 heavy (non-hydrogen) atoms. The van der Waals surface area contributed by atoms with Gasteiger partial charge >= 0.3 is 0 Å². The molecule has 0 spiro atoms. The molecular formula is C18H19ClN2O3. The maximum absolute atomic E-state index is 9.60. The van der Waals surface area contributed by atoms with Gasteiger partial charge in [0.2, 0.25) is 5.89 Å². The number of ether oxygens (including phenoxy) is 1. The van der Waals surface area contributed by atoms with E-state index < -0.39 is 6.10 Å². The van der Waals surface area contributed by atoms with Crippen molar-refractivity contribution in [3.63, 3.8) is 0 Å². The third kappa shape index (κ3) is 3.32. The highest BCUT2D eigenvalue weighted by Gasteiger charge is 2.13. The highest BCUT2D eigenvalue weighted by molar-refractivity contribution is 6.18. The molecule has 0 saturated carbocycles. The number of benzene rings is 2. The minimum Gasteiger partial charge on any atom is -0.497 e. The van der Waals surface area contributed by atoms with Gasteiger partial charge in [-0.1, -0.05) is 6.07 Å². The van der Waals surface area contributed by atoms with Crippen molar-refractivity contribution in [2.45, 2.75) is 13.0 Å². The summed E-state index contributed by atoms with van der Waals surface area (Å²) >= 11 is 5.63. The largest absolute Gasteiger partial charge is 0.497 e. The van der Waals surface area contributed by atoms with Crippen molar-refractivity contribution in [3.8, 4) is 17.2 Å². The Hall–Kier alpha value is -2.24. The van der Waals surface area contributed by atoms with E-state index in [0.717, 1.165) is 28.1 Å². The Labute approximate surface area is 145 Å². The molecular weight excluding hydrogens is 328 g/mol. The lowest BCUT2D eigenvalue weighted by molar-refractivity contribution is 0.211. The fourth-order valence-electron chi connectivity index (χ4n) is 2.49.